The molecule has 2 aliphatic rings. The molecule has 1 aromatic carbocycles. The van der Waals surface area contributed by atoms with E-state index in [4.69, 9.17) is 4.74 Å². The minimum Gasteiger partial charge on any atom is -0.369 e. The lowest BCUT2D eigenvalue weighted by Gasteiger charge is -2.52. The lowest BCUT2D eigenvalue weighted by atomic mass is 9.81. The average Bonchev–Trinajstić information content (AvgIpc) is 2.37. The number of hydrogen-bond donors (Lipinski definition) is 2. The zero-order valence-electron chi connectivity index (χ0n) is 9.41. The molecule has 3 heteroatoms. The van der Waals surface area contributed by atoms with Gasteiger partial charge in [0.2, 0.25) is 0 Å². The van der Waals surface area contributed by atoms with Gasteiger partial charge >= 0.3 is 0 Å². The molecule has 0 bridgehead atoms. The Bertz CT molecular complexity index is 346. The molecule has 2 heterocycles. The van der Waals surface area contributed by atoms with Crippen molar-refractivity contribution in [3.05, 3.63) is 35.9 Å². The van der Waals surface area contributed by atoms with Crippen molar-refractivity contribution in [1.29, 1.82) is 0 Å². The van der Waals surface area contributed by atoms with Gasteiger partial charge < -0.3 is 15.4 Å². The van der Waals surface area contributed by atoms with E-state index in [1.807, 2.05) is 0 Å². The Balaban J connectivity index is 1.67. The summed E-state index contributed by atoms with van der Waals surface area (Å²) in [5.41, 5.74) is 1.43. The Morgan fingerprint density at radius 3 is 2.75 bits per heavy atom. The van der Waals surface area contributed by atoms with Gasteiger partial charge in [-0.2, -0.15) is 0 Å². The van der Waals surface area contributed by atoms with Crippen LogP contribution in [0.15, 0.2) is 30.3 Å². The van der Waals surface area contributed by atoms with E-state index < -0.39 is 0 Å². The first-order valence-corrected chi connectivity index (χ1v) is 6.01. The van der Waals surface area contributed by atoms with Crippen LogP contribution in [0.25, 0.3) is 0 Å². The van der Waals surface area contributed by atoms with Crippen LogP contribution in [0.3, 0.4) is 0 Å². The van der Waals surface area contributed by atoms with E-state index >= 15 is 0 Å². The van der Waals surface area contributed by atoms with Gasteiger partial charge in [0, 0.05) is 25.7 Å². The number of benzene rings is 1. The van der Waals surface area contributed by atoms with Crippen molar-refractivity contribution in [2.75, 3.05) is 26.2 Å². The van der Waals surface area contributed by atoms with Crippen LogP contribution in [-0.2, 0) is 11.2 Å². The fourth-order valence-corrected chi connectivity index (χ4v) is 2.60. The van der Waals surface area contributed by atoms with Crippen molar-refractivity contribution in [3.8, 4) is 0 Å². The maximum atomic E-state index is 5.96. The van der Waals surface area contributed by atoms with E-state index in [9.17, 15) is 0 Å². The van der Waals surface area contributed by atoms with Crippen molar-refractivity contribution in [1.82, 2.24) is 10.6 Å². The van der Waals surface area contributed by atoms with Crippen LogP contribution in [-0.4, -0.2) is 37.9 Å². The minimum atomic E-state index is 0.0497. The smallest absolute Gasteiger partial charge is 0.108 e. The standard InChI is InChI=1S/C13H18N2O/c1-2-4-11(5-3-1)8-12-13(10-15-12)9-14-6-7-16-13/h1-5,12,14-15H,6-10H2. The molecule has 2 atom stereocenters. The van der Waals surface area contributed by atoms with Crippen molar-refractivity contribution in [2.45, 2.75) is 18.1 Å². The molecule has 0 saturated carbocycles. The van der Waals surface area contributed by atoms with E-state index in [1.165, 1.54) is 5.56 Å². The molecule has 2 fully saturated rings. The molecule has 0 aliphatic carbocycles. The van der Waals surface area contributed by atoms with Gasteiger partial charge in [-0.15, -0.1) is 0 Å². The third-order valence-corrected chi connectivity index (χ3v) is 3.66. The molecule has 2 saturated heterocycles. The van der Waals surface area contributed by atoms with E-state index in [0.29, 0.717) is 6.04 Å². The highest BCUT2D eigenvalue weighted by molar-refractivity contribution is 5.20. The first-order chi connectivity index (χ1) is 7.89. The van der Waals surface area contributed by atoms with Gasteiger partial charge in [0.05, 0.1) is 6.61 Å². The van der Waals surface area contributed by atoms with Crippen molar-refractivity contribution >= 4 is 0 Å². The maximum absolute atomic E-state index is 5.96. The van der Waals surface area contributed by atoms with Crippen LogP contribution in [0.5, 0.6) is 0 Å². The predicted octanol–water partition coefficient (Wildman–Crippen LogP) is 0.559. The molecule has 16 heavy (non-hydrogen) atoms. The number of morpholine rings is 1. The quantitative estimate of drug-likeness (QED) is 0.761. The second-order valence-electron chi connectivity index (χ2n) is 4.71. The second-order valence-corrected chi connectivity index (χ2v) is 4.71. The summed E-state index contributed by atoms with van der Waals surface area (Å²) in [5, 5.41) is 6.92. The Morgan fingerprint density at radius 2 is 2.12 bits per heavy atom. The van der Waals surface area contributed by atoms with Gasteiger partial charge in [-0.25, -0.2) is 0 Å². The molecule has 2 unspecified atom stereocenters. The largest absolute Gasteiger partial charge is 0.369 e. The Morgan fingerprint density at radius 1 is 1.25 bits per heavy atom. The topological polar surface area (TPSA) is 33.3 Å². The van der Waals surface area contributed by atoms with Crippen LogP contribution < -0.4 is 10.6 Å². The molecular formula is C13H18N2O. The molecule has 0 radical (unpaired) electrons. The summed E-state index contributed by atoms with van der Waals surface area (Å²) in [4.78, 5) is 0. The molecule has 2 aliphatic heterocycles. The van der Waals surface area contributed by atoms with Gasteiger partial charge in [0.15, 0.2) is 0 Å². The van der Waals surface area contributed by atoms with Gasteiger partial charge in [-0.3, -0.25) is 0 Å². The number of nitrogens with one attached hydrogen (secondary N) is 2. The fraction of sp³-hybridized carbons (Fsp3) is 0.538. The van der Waals surface area contributed by atoms with Crippen LogP contribution in [0.4, 0.5) is 0 Å². The lowest BCUT2D eigenvalue weighted by Crippen LogP contribution is -2.75. The molecule has 0 amide bonds. The molecule has 0 aromatic heterocycles. The zero-order chi connectivity index (χ0) is 10.8. The average molecular weight is 218 g/mol. The molecule has 1 spiro atoms. The van der Waals surface area contributed by atoms with Crippen LogP contribution in [0, 0.1) is 0 Å². The zero-order valence-corrected chi connectivity index (χ0v) is 9.41. The molecule has 2 N–H and O–H groups in total. The van der Waals surface area contributed by atoms with Crippen molar-refractivity contribution in [3.63, 3.8) is 0 Å². The van der Waals surface area contributed by atoms with E-state index in [0.717, 1.165) is 32.7 Å². The Labute approximate surface area is 96.2 Å². The highest BCUT2D eigenvalue weighted by atomic mass is 16.5. The normalized spacial score (nSPS) is 33.6. The van der Waals surface area contributed by atoms with Crippen LogP contribution in [0.1, 0.15) is 5.56 Å². The second kappa shape index (κ2) is 4.17. The monoisotopic (exact) mass is 218 g/mol. The summed E-state index contributed by atoms with van der Waals surface area (Å²) in [7, 11) is 0. The molecule has 86 valence electrons. The lowest BCUT2D eigenvalue weighted by molar-refractivity contribution is -0.130. The van der Waals surface area contributed by atoms with Crippen LogP contribution in [0.2, 0.25) is 0 Å². The van der Waals surface area contributed by atoms with Gasteiger partial charge in [0.25, 0.3) is 0 Å². The third kappa shape index (κ3) is 1.75. The molecule has 1 aromatic rings. The Hall–Kier alpha value is -0.900. The van der Waals surface area contributed by atoms with E-state index in [-0.39, 0.29) is 5.60 Å². The fourth-order valence-electron chi connectivity index (χ4n) is 2.60. The van der Waals surface area contributed by atoms with E-state index in [2.05, 4.69) is 41.0 Å². The van der Waals surface area contributed by atoms with Crippen molar-refractivity contribution < 1.29 is 4.74 Å². The molecule has 3 nitrogen and oxygen atoms in total. The first kappa shape index (κ1) is 10.3. The SMILES string of the molecule is c1ccc(CC2NCC23CNCCO3)cc1. The first-order valence-electron chi connectivity index (χ1n) is 6.01. The van der Waals surface area contributed by atoms with Gasteiger partial charge in [-0.1, -0.05) is 30.3 Å². The van der Waals surface area contributed by atoms with Crippen molar-refractivity contribution in [2.24, 2.45) is 0 Å². The number of rotatable bonds is 2. The summed E-state index contributed by atoms with van der Waals surface area (Å²) in [6.45, 7) is 3.79. The predicted molar refractivity (Wildman–Crippen MR) is 63.5 cm³/mol. The summed E-state index contributed by atoms with van der Waals surface area (Å²) in [5.74, 6) is 0. The van der Waals surface area contributed by atoms with Gasteiger partial charge in [-0.05, 0) is 12.0 Å². The molecular weight excluding hydrogens is 200 g/mol. The minimum absolute atomic E-state index is 0.0497. The van der Waals surface area contributed by atoms with E-state index in [1.54, 1.807) is 0 Å². The number of hydrogen-bond acceptors (Lipinski definition) is 3. The summed E-state index contributed by atoms with van der Waals surface area (Å²) < 4.78 is 5.96. The van der Waals surface area contributed by atoms with Crippen LogP contribution >= 0.6 is 0 Å². The third-order valence-electron chi connectivity index (χ3n) is 3.66. The highest BCUT2D eigenvalue weighted by Gasteiger charge is 2.48. The summed E-state index contributed by atoms with van der Waals surface area (Å²) in [6.07, 6.45) is 1.06. The number of ether oxygens (including phenoxy) is 1. The molecule has 3 rings (SSSR count). The summed E-state index contributed by atoms with van der Waals surface area (Å²) >= 11 is 0. The summed E-state index contributed by atoms with van der Waals surface area (Å²) in [6, 6.07) is 11.1. The highest BCUT2D eigenvalue weighted by Crippen LogP contribution is 2.27. The van der Waals surface area contributed by atoms with Gasteiger partial charge in [0.1, 0.15) is 5.60 Å². The Kier molecular flexibility index (Phi) is 2.67. The maximum Gasteiger partial charge on any atom is 0.108 e.